The maximum absolute atomic E-state index is 11.7. The van der Waals surface area contributed by atoms with E-state index in [1.54, 1.807) is 17.9 Å². The van der Waals surface area contributed by atoms with Crippen LogP contribution in [0.25, 0.3) is 6.08 Å². The van der Waals surface area contributed by atoms with Gasteiger partial charge in [-0.1, -0.05) is 31.2 Å². The Kier molecular flexibility index (Phi) is 3.53. The number of likely N-dealkylation sites (tertiary alicyclic amines) is 1. The van der Waals surface area contributed by atoms with Crippen molar-refractivity contribution in [1.82, 2.24) is 4.90 Å². The van der Waals surface area contributed by atoms with Crippen LogP contribution < -0.4 is 0 Å². The molecule has 1 aliphatic rings. The molecule has 1 saturated heterocycles. The second kappa shape index (κ2) is 4.94. The first-order valence-corrected chi connectivity index (χ1v) is 6.28. The van der Waals surface area contributed by atoms with Crippen molar-refractivity contribution in [3.63, 3.8) is 0 Å². The van der Waals surface area contributed by atoms with Gasteiger partial charge in [0.2, 0.25) is 5.91 Å². The average molecular weight is 245 g/mol. The molecule has 0 bridgehead atoms. The zero-order valence-electron chi connectivity index (χ0n) is 10.9. The molecule has 1 aromatic rings. The van der Waals surface area contributed by atoms with Crippen LogP contribution in [-0.2, 0) is 11.2 Å². The number of aliphatic hydroxyl groups is 1. The van der Waals surface area contributed by atoms with Crippen LogP contribution in [0.3, 0.4) is 0 Å². The van der Waals surface area contributed by atoms with Gasteiger partial charge in [-0.15, -0.1) is 0 Å². The molecule has 3 nitrogen and oxygen atoms in total. The van der Waals surface area contributed by atoms with Gasteiger partial charge in [-0.3, -0.25) is 4.79 Å². The van der Waals surface area contributed by atoms with Crippen molar-refractivity contribution < 1.29 is 9.90 Å². The molecule has 1 aliphatic heterocycles. The highest BCUT2D eigenvalue weighted by Gasteiger charge is 2.38. The number of aryl methyl sites for hydroxylation is 1. The molecule has 1 amide bonds. The van der Waals surface area contributed by atoms with Crippen LogP contribution in [0.1, 0.15) is 25.0 Å². The van der Waals surface area contributed by atoms with Gasteiger partial charge in [0.25, 0.3) is 0 Å². The van der Waals surface area contributed by atoms with Crippen molar-refractivity contribution in [2.45, 2.75) is 25.9 Å². The van der Waals surface area contributed by atoms with Gasteiger partial charge in [-0.05, 0) is 30.5 Å². The Hall–Kier alpha value is -1.61. The smallest absolute Gasteiger partial charge is 0.246 e. The highest BCUT2D eigenvalue weighted by molar-refractivity contribution is 5.92. The standard InChI is InChI=1S/C15H19NO2/c1-3-12-4-6-13(7-5-12)8-9-14(17)16-10-15(2,18)11-16/h4-9,18H,3,10-11H2,1-2H3. The fourth-order valence-electron chi connectivity index (χ4n) is 2.07. The highest BCUT2D eigenvalue weighted by Crippen LogP contribution is 2.20. The number of β-amino-alcohol motifs (C(OH)–C–C–N with tert-alkyl or cyclic N) is 1. The van der Waals surface area contributed by atoms with E-state index in [4.69, 9.17) is 0 Å². The number of benzene rings is 1. The highest BCUT2D eigenvalue weighted by atomic mass is 16.3. The monoisotopic (exact) mass is 245 g/mol. The first-order valence-electron chi connectivity index (χ1n) is 6.28. The molecule has 2 rings (SSSR count). The zero-order chi connectivity index (χ0) is 13.2. The number of amides is 1. The third-order valence-corrected chi connectivity index (χ3v) is 3.18. The summed E-state index contributed by atoms with van der Waals surface area (Å²) in [5.41, 5.74) is 1.61. The van der Waals surface area contributed by atoms with E-state index >= 15 is 0 Å². The zero-order valence-corrected chi connectivity index (χ0v) is 10.9. The summed E-state index contributed by atoms with van der Waals surface area (Å²) in [4.78, 5) is 13.4. The summed E-state index contributed by atoms with van der Waals surface area (Å²) in [6.07, 6.45) is 4.40. The number of carbonyl (C=O) groups excluding carboxylic acids is 1. The Balaban J connectivity index is 1.92. The first kappa shape index (κ1) is 12.8. The summed E-state index contributed by atoms with van der Waals surface area (Å²) in [6, 6.07) is 8.15. The number of nitrogens with zero attached hydrogens (tertiary/aromatic N) is 1. The average Bonchev–Trinajstić information content (AvgIpc) is 2.33. The maximum Gasteiger partial charge on any atom is 0.246 e. The first-order chi connectivity index (χ1) is 8.50. The van der Waals surface area contributed by atoms with Gasteiger partial charge in [0, 0.05) is 6.08 Å². The van der Waals surface area contributed by atoms with Crippen molar-refractivity contribution in [2.24, 2.45) is 0 Å². The van der Waals surface area contributed by atoms with E-state index in [2.05, 4.69) is 19.1 Å². The lowest BCUT2D eigenvalue weighted by Crippen LogP contribution is -2.61. The third kappa shape index (κ3) is 2.99. The molecule has 0 spiro atoms. The van der Waals surface area contributed by atoms with Gasteiger partial charge >= 0.3 is 0 Å². The van der Waals surface area contributed by atoms with E-state index in [1.165, 1.54) is 5.56 Å². The Morgan fingerprint density at radius 2 is 2.00 bits per heavy atom. The number of carbonyl (C=O) groups is 1. The minimum Gasteiger partial charge on any atom is -0.386 e. The fourth-order valence-corrected chi connectivity index (χ4v) is 2.07. The molecule has 3 heteroatoms. The van der Waals surface area contributed by atoms with Crippen molar-refractivity contribution in [3.8, 4) is 0 Å². The van der Waals surface area contributed by atoms with Crippen molar-refractivity contribution >= 4 is 12.0 Å². The van der Waals surface area contributed by atoms with E-state index < -0.39 is 5.60 Å². The van der Waals surface area contributed by atoms with Crippen LogP contribution in [0.2, 0.25) is 0 Å². The molecule has 0 aromatic heterocycles. The normalized spacial score (nSPS) is 17.8. The summed E-state index contributed by atoms with van der Waals surface area (Å²) in [5.74, 6) is -0.0407. The number of rotatable bonds is 3. The van der Waals surface area contributed by atoms with E-state index in [1.807, 2.05) is 18.2 Å². The molecular formula is C15H19NO2. The predicted molar refractivity (Wildman–Crippen MR) is 72.1 cm³/mol. The Labute approximate surface area is 108 Å². The van der Waals surface area contributed by atoms with E-state index in [9.17, 15) is 9.90 Å². The Bertz CT molecular complexity index is 452. The maximum atomic E-state index is 11.7. The van der Waals surface area contributed by atoms with Crippen LogP contribution in [-0.4, -0.2) is 34.6 Å². The van der Waals surface area contributed by atoms with Crippen LogP contribution >= 0.6 is 0 Å². The fraction of sp³-hybridized carbons (Fsp3) is 0.400. The molecule has 0 saturated carbocycles. The minimum absolute atomic E-state index is 0.0407. The Morgan fingerprint density at radius 3 is 2.50 bits per heavy atom. The predicted octanol–water partition coefficient (Wildman–Crippen LogP) is 1.86. The summed E-state index contributed by atoms with van der Waals surface area (Å²) in [7, 11) is 0. The molecule has 18 heavy (non-hydrogen) atoms. The lowest BCUT2D eigenvalue weighted by Gasteiger charge is -2.43. The van der Waals surface area contributed by atoms with Crippen molar-refractivity contribution in [1.29, 1.82) is 0 Å². The van der Waals surface area contributed by atoms with Crippen LogP contribution in [0.15, 0.2) is 30.3 Å². The second-order valence-electron chi connectivity index (χ2n) is 5.12. The molecular weight excluding hydrogens is 226 g/mol. The van der Waals surface area contributed by atoms with Crippen LogP contribution in [0.5, 0.6) is 0 Å². The summed E-state index contributed by atoms with van der Waals surface area (Å²) in [6.45, 7) is 4.70. The molecule has 1 N–H and O–H groups in total. The molecule has 96 valence electrons. The molecule has 0 aliphatic carbocycles. The lowest BCUT2D eigenvalue weighted by atomic mass is 9.97. The molecule has 0 atom stereocenters. The van der Waals surface area contributed by atoms with Crippen LogP contribution in [0.4, 0.5) is 0 Å². The van der Waals surface area contributed by atoms with Gasteiger partial charge < -0.3 is 10.0 Å². The second-order valence-corrected chi connectivity index (χ2v) is 5.12. The summed E-state index contributed by atoms with van der Waals surface area (Å²) in [5, 5.41) is 9.56. The van der Waals surface area contributed by atoms with Gasteiger partial charge in [0.05, 0.1) is 18.7 Å². The summed E-state index contributed by atoms with van der Waals surface area (Å²) < 4.78 is 0. The molecule has 0 radical (unpaired) electrons. The third-order valence-electron chi connectivity index (χ3n) is 3.18. The minimum atomic E-state index is -0.702. The van der Waals surface area contributed by atoms with Crippen molar-refractivity contribution in [2.75, 3.05) is 13.1 Å². The molecule has 0 unspecified atom stereocenters. The quantitative estimate of drug-likeness (QED) is 0.826. The van der Waals surface area contributed by atoms with Gasteiger partial charge in [0.15, 0.2) is 0 Å². The molecule has 1 aromatic carbocycles. The topological polar surface area (TPSA) is 40.5 Å². The van der Waals surface area contributed by atoms with Gasteiger partial charge in [0.1, 0.15) is 0 Å². The SMILES string of the molecule is CCc1ccc(C=CC(=O)N2CC(C)(O)C2)cc1. The molecule has 1 heterocycles. The lowest BCUT2D eigenvalue weighted by molar-refractivity contribution is -0.146. The van der Waals surface area contributed by atoms with E-state index in [0.717, 1.165) is 12.0 Å². The van der Waals surface area contributed by atoms with Gasteiger partial charge in [-0.2, -0.15) is 0 Å². The largest absolute Gasteiger partial charge is 0.386 e. The molecule has 1 fully saturated rings. The summed E-state index contributed by atoms with van der Waals surface area (Å²) >= 11 is 0. The van der Waals surface area contributed by atoms with E-state index in [-0.39, 0.29) is 5.91 Å². The van der Waals surface area contributed by atoms with E-state index in [0.29, 0.717) is 13.1 Å². The van der Waals surface area contributed by atoms with Gasteiger partial charge in [-0.25, -0.2) is 0 Å². The Morgan fingerprint density at radius 1 is 1.39 bits per heavy atom. The van der Waals surface area contributed by atoms with Crippen molar-refractivity contribution in [3.05, 3.63) is 41.5 Å². The number of hydrogen-bond acceptors (Lipinski definition) is 2. The number of hydrogen-bond donors (Lipinski definition) is 1. The van der Waals surface area contributed by atoms with Crippen LogP contribution in [0, 0.1) is 0 Å².